The standard InChI is InChI=1S/C15H23BrN2O2/c1-9(2)13(19)5-6-17-15(20)18-14-10(3)7-12(16)8-11(14)4/h7-9,13,19H,5-6H2,1-4H3,(H2,17,18,20). The fourth-order valence-electron chi connectivity index (χ4n) is 1.93. The zero-order chi connectivity index (χ0) is 15.3. The Hall–Kier alpha value is -1.07. The topological polar surface area (TPSA) is 61.4 Å². The van der Waals surface area contributed by atoms with Crippen molar-refractivity contribution in [3.05, 3.63) is 27.7 Å². The van der Waals surface area contributed by atoms with Gasteiger partial charge in [-0.1, -0.05) is 29.8 Å². The predicted molar refractivity (Wildman–Crippen MR) is 86.1 cm³/mol. The molecule has 5 heteroatoms. The number of nitrogens with one attached hydrogen (secondary N) is 2. The Labute approximate surface area is 129 Å². The number of halogens is 1. The van der Waals surface area contributed by atoms with Crippen LogP contribution >= 0.6 is 15.9 Å². The molecule has 20 heavy (non-hydrogen) atoms. The first kappa shape index (κ1) is 17.0. The highest BCUT2D eigenvalue weighted by molar-refractivity contribution is 9.10. The summed E-state index contributed by atoms with van der Waals surface area (Å²) >= 11 is 3.43. The number of rotatable bonds is 5. The third kappa shape index (κ3) is 5.13. The first-order chi connectivity index (χ1) is 9.31. The van der Waals surface area contributed by atoms with E-state index in [0.717, 1.165) is 21.3 Å². The smallest absolute Gasteiger partial charge is 0.319 e. The molecule has 1 unspecified atom stereocenters. The molecule has 0 bridgehead atoms. The molecule has 1 rings (SSSR count). The van der Waals surface area contributed by atoms with Gasteiger partial charge in [0.25, 0.3) is 0 Å². The van der Waals surface area contributed by atoms with Crippen LogP contribution in [-0.4, -0.2) is 23.8 Å². The second kappa shape index (κ2) is 7.64. The van der Waals surface area contributed by atoms with Gasteiger partial charge in [-0.15, -0.1) is 0 Å². The molecule has 0 saturated heterocycles. The average molecular weight is 343 g/mol. The molecule has 2 amide bonds. The summed E-state index contributed by atoms with van der Waals surface area (Å²) in [6.07, 6.45) is 0.176. The molecule has 0 radical (unpaired) electrons. The van der Waals surface area contributed by atoms with Crippen molar-refractivity contribution in [3.8, 4) is 0 Å². The molecule has 0 saturated carbocycles. The van der Waals surface area contributed by atoms with Gasteiger partial charge in [0.15, 0.2) is 0 Å². The van der Waals surface area contributed by atoms with Crippen molar-refractivity contribution in [2.75, 3.05) is 11.9 Å². The molecule has 112 valence electrons. The molecule has 0 spiro atoms. The highest BCUT2D eigenvalue weighted by Gasteiger charge is 2.11. The first-order valence-corrected chi connectivity index (χ1v) is 7.60. The van der Waals surface area contributed by atoms with Crippen molar-refractivity contribution in [1.29, 1.82) is 0 Å². The number of carbonyl (C=O) groups excluding carboxylic acids is 1. The number of anilines is 1. The summed E-state index contributed by atoms with van der Waals surface area (Å²) in [7, 11) is 0. The maximum absolute atomic E-state index is 11.8. The van der Waals surface area contributed by atoms with Gasteiger partial charge in [-0.2, -0.15) is 0 Å². The lowest BCUT2D eigenvalue weighted by molar-refractivity contribution is 0.117. The van der Waals surface area contributed by atoms with Crippen LogP contribution in [0, 0.1) is 19.8 Å². The number of benzene rings is 1. The van der Waals surface area contributed by atoms with Gasteiger partial charge in [-0.05, 0) is 49.4 Å². The molecule has 1 aromatic rings. The predicted octanol–water partition coefficient (Wildman–Crippen LogP) is 3.59. The van der Waals surface area contributed by atoms with E-state index in [4.69, 9.17) is 0 Å². The quantitative estimate of drug-likeness (QED) is 0.765. The van der Waals surface area contributed by atoms with E-state index >= 15 is 0 Å². The van der Waals surface area contributed by atoms with E-state index in [9.17, 15) is 9.90 Å². The van der Waals surface area contributed by atoms with Crippen molar-refractivity contribution >= 4 is 27.6 Å². The van der Waals surface area contributed by atoms with E-state index < -0.39 is 0 Å². The molecule has 0 fully saturated rings. The third-order valence-electron chi connectivity index (χ3n) is 3.23. The van der Waals surface area contributed by atoms with Gasteiger partial charge in [-0.25, -0.2) is 4.79 Å². The number of hydrogen-bond acceptors (Lipinski definition) is 2. The number of aryl methyl sites for hydroxylation is 2. The number of amides is 2. The SMILES string of the molecule is Cc1cc(Br)cc(C)c1NC(=O)NCCC(O)C(C)C. The monoisotopic (exact) mass is 342 g/mol. The fourth-order valence-corrected chi connectivity index (χ4v) is 2.62. The van der Waals surface area contributed by atoms with Crippen molar-refractivity contribution in [2.24, 2.45) is 5.92 Å². The van der Waals surface area contributed by atoms with Crippen molar-refractivity contribution < 1.29 is 9.90 Å². The van der Waals surface area contributed by atoms with Gasteiger partial charge in [0, 0.05) is 16.7 Å². The third-order valence-corrected chi connectivity index (χ3v) is 3.69. The van der Waals surface area contributed by atoms with Gasteiger partial charge < -0.3 is 15.7 Å². The van der Waals surface area contributed by atoms with Gasteiger partial charge >= 0.3 is 6.03 Å². The van der Waals surface area contributed by atoms with E-state index in [1.165, 1.54) is 0 Å². The zero-order valence-electron chi connectivity index (χ0n) is 12.5. The van der Waals surface area contributed by atoms with E-state index in [1.807, 2.05) is 39.8 Å². The lowest BCUT2D eigenvalue weighted by Gasteiger charge is -2.16. The molecular formula is C15H23BrN2O2. The summed E-state index contributed by atoms with van der Waals surface area (Å²) in [5, 5.41) is 15.3. The maximum atomic E-state index is 11.8. The van der Waals surface area contributed by atoms with Crippen LogP contribution < -0.4 is 10.6 Å². The van der Waals surface area contributed by atoms with E-state index in [1.54, 1.807) is 0 Å². The van der Waals surface area contributed by atoms with Crippen LogP contribution in [-0.2, 0) is 0 Å². The number of carbonyl (C=O) groups is 1. The van der Waals surface area contributed by atoms with Crippen LogP contribution in [0.2, 0.25) is 0 Å². The van der Waals surface area contributed by atoms with Crippen LogP contribution in [0.15, 0.2) is 16.6 Å². The second-order valence-corrected chi connectivity index (χ2v) is 6.31. The number of hydrogen-bond donors (Lipinski definition) is 3. The molecular weight excluding hydrogens is 320 g/mol. The Balaban J connectivity index is 2.51. The number of aliphatic hydroxyl groups excluding tert-OH is 1. The molecule has 0 aliphatic carbocycles. The molecule has 3 N–H and O–H groups in total. The van der Waals surface area contributed by atoms with Gasteiger partial charge in [0.2, 0.25) is 0 Å². The van der Waals surface area contributed by atoms with Gasteiger partial charge in [0.1, 0.15) is 0 Å². The second-order valence-electron chi connectivity index (χ2n) is 5.40. The lowest BCUT2D eigenvalue weighted by atomic mass is 10.0. The van der Waals surface area contributed by atoms with Crippen LogP contribution in [0.1, 0.15) is 31.4 Å². The van der Waals surface area contributed by atoms with E-state index in [2.05, 4.69) is 26.6 Å². The number of aliphatic hydroxyl groups is 1. The number of urea groups is 1. The minimum Gasteiger partial charge on any atom is -0.393 e. The molecule has 1 atom stereocenters. The molecule has 0 aromatic heterocycles. The average Bonchev–Trinajstić information content (AvgIpc) is 2.33. The molecule has 0 aliphatic heterocycles. The Morgan fingerprint density at radius 1 is 1.30 bits per heavy atom. The summed E-state index contributed by atoms with van der Waals surface area (Å²) in [5.74, 6) is 0.204. The largest absolute Gasteiger partial charge is 0.393 e. The lowest BCUT2D eigenvalue weighted by Crippen LogP contribution is -2.32. The van der Waals surface area contributed by atoms with Crippen molar-refractivity contribution in [3.63, 3.8) is 0 Å². The van der Waals surface area contributed by atoms with Gasteiger partial charge in [0.05, 0.1) is 6.10 Å². The van der Waals surface area contributed by atoms with Crippen LogP contribution in [0.4, 0.5) is 10.5 Å². The summed E-state index contributed by atoms with van der Waals surface area (Å²) in [6, 6.07) is 3.69. The zero-order valence-corrected chi connectivity index (χ0v) is 14.0. The van der Waals surface area contributed by atoms with Crippen LogP contribution in [0.3, 0.4) is 0 Å². The molecule has 0 aliphatic rings. The highest BCUT2D eigenvalue weighted by Crippen LogP contribution is 2.24. The molecule has 1 aromatic carbocycles. The summed E-state index contributed by atoms with van der Waals surface area (Å²) in [6.45, 7) is 8.28. The van der Waals surface area contributed by atoms with E-state index in [-0.39, 0.29) is 18.1 Å². The highest BCUT2D eigenvalue weighted by atomic mass is 79.9. The van der Waals surface area contributed by atoms with Crippen molar-refractivity contribution in [1.82, 2.24) is 5.32 Å². The summed E-state index contributed by atoms with van der Waals surface area (Å²) < 4.78 is 0.999. The minimum atomic E-state index is -0.383. The van der Waals surface area contributed by atoms with Crippen LogP contribution in [0.25, 0.3) is 0 Å². The van der Waals surface area contributed by atoms with Crippen molar-refractivity contribution in [2.45, 2.75) is 40.2 Å². The van der Waals surface area contributed by atoms with E-state index in [0.29, 0.717) is 13.0 Å². The van der Waals surface area contributed by atoms with Crippen LogP contribution in [0.5, 0.6) is 0 Å². The Kier molecular flexibility index (Phi) is 6.49. The molecule has 0 heterocycles. The Bertz CT molecular complexity index is 452. The summed E-state index contributed by atoms with van der Waals surface area (Å²) in [5.41, 5.74) is 2.85. The fraction of sp³-hybridized carbons (Fsp3) is 0.533. The molecule has 4 nitrogen and oxygen atoms in total. The Morgan fingerprint density at radius 2 is 1.85 bits per heavy atom. The maximum Gasteiger partial charge on any atom is 0.319 e. The van der Waals surface area contributed by atoms with Gasteiger partial charge in [-0.3, -0.25) is 0 Å². The summed E-state index contributed by atoms with van der Waals surface area (Å²) in [4.78, 5) is 11.8. The Morgan fingerprint density at radius 3 is 2.35 bits per heavy atom. The normalized spacial score (nSPS) is 12.3. The minimum absolute atomic E-state index is 0.204. The first-order valence-electron chi connectivity index (χ1n) is 6.81.